The average Bonchev–Trinajstić information content (AvgIpc) is 3.16. The van der Waals surface area contributed by atoms with Gasteiger partial charge < -0.3 is 10.1 Å². The Morgan fingerprint density at radius 2 is 1.72 bits per heavy atom. The molecule has 0 bridgehead atoms. The van der Waals surface area contributed by atoms with Gasteiger partial charge in [0.05, 0.1) is 7.11 Å². The van der Waals surface area contributed by atoms with Crippen molar-refractivity contribution >= 4 is 11.6 Å². The summed E-state index contributed by atoms with van der Waals surface area (Å²) in [6, 6.07) is 13.6. The second kappa shape index (κ2) is 8.86. The van der Waals surface area contributed by atoms with Crippen LogP contribution in [-0.2, 0) is 11.3 Å². The summed E-state index contributed by atoms with van der Waals surface area (Å²) in [5.41, 5.74) is 3.90. The number of anilines is 1. The topological polar surface area (TPSA) is 81.9 Å². The molecule has 1 heterocycles. The molecule has 1 aromatic heterocycles. The quantitative estimate of drug-likeness (QED) is 0.649. The van der Waals surface area contributed by atoms with Crippen molar-refractivity contribution in [2.75, 3.05) is 12.4 Å². The van der Waals surface area contributed by atoms with Crippen LogP contribution in [0.25, 0.3) is 11.4 Å². The number of carbonyl (C=O) groups is 1. The van der Waals surface area contributed by atoms with E-state index in [0.717, 1.165) is 22.4 Å². The number of nitrogens with one attached hydrogen (secondary N) is 1. The number of amides is 1. The van der Waals surface area contributed by atoms with Crippen LogP contribution < -0.4 is 10.1 Å². The summed E-state index contributed by atoms with van der Waals surface area (Å²) >= 11 is 0. The highest BCUT2D eigenvalue weighted by Gasteiger charge is 2.17. The zero-order chi connectivity index (χ0) is 21.0. The van der Waals surface area contributed by atoms with E-state index in [9.17, 15) is 4.79 Å². The molecular formula is C22H27N5O2. The van der Waals surface area contributed by atoms with Crippen LogP contribution in [0.4, 0.5) is 5.69 Å². The minimum absolute atomic E-state index is 0.0130. The summed E-state index contributed by atoms with van der Waals surface area (Å²) in [5, 5.41) is 15.5. The predicted octanol–water partition coefficient (Wildman–Crippen LogP) is 4.23. The van der Waals surface area contributed by atoms with E-state index >= 15 is 0 Å². The Morgan fingerprint density at radius 1 is 1.07 bits per heavy atom. The minimum Gasteiger partial charge on any atom is -0.497 e. The average molecular weight is 393 g/mol. The van der Waals surface area contributed by atoms with Crippen molar-refractivity contribution in [2.24, 2.45) is 0 Å². The van der Waals surface area contributed by atoms with Crippen LogP contribution in [-0.4, -0.2) is 33.2 Å². The van der Waals surface area contributed by atoms with Gasteiger partial charge in [0.1, 0.15) is 12.3 Å². The SMILES string of the molecule is COc1cccc(-c2nnn(CC(=O)Nc3c(C(C)C)cccc3C(C)C)n2)c1. The van der Waals surface area contributed by atoms with Crippen molar-refractivity contribution in [1.29, 1.82) is 0 Å². The highest BCUT2D eigenvalue weighted by Crippen LogP contribution is 2.32. The van der Waals surface area contributed by atoms with Gasteiger partial charge >= 0.3 is 0 Å². The molecule has 3 rings (SSSR count). The molecule has 1 amide bonds. The molecule has 152 valence electrons. The Morgan fingerprint density at radius 3 is 2.34 bits per heavy atom. The van der Waals surface area contributed by atoms with Crippen molar-refractivity contribution in [3.63, 3.8) is 0 Å². The van der Waals surface area contributed by atoms with Crippen molar-refractivity contribution < 1.29 is 9.53 Å². The fraction of sp³-hybridized carbons (Fsp3) is 0.364. The number of methoxy groups -OCH3 is 1. The molecule has 0 aliphatic rings. The molecule has 0 aliphatic carbocycles. The van der Waals surface area contributed by atoms with Gasteiger partial charge in [0.25, 0.3) is 0 Å². The first kappa shape index (κ1) is 20.5. The predicted molar refractivity (Wildman–Crippen MR) is 113 cm³/mol. The number of rotatable bonds is 7. The first-order chi connectivity index (χ1) is 13.9. The van der Waals surface area contributed by atoms with Crippen molar-refractivity contribution in [3.05, 3.63) is 53.6 Å². The summed E-state index contributed by atoms with van der Waals surface area (Å²) < 4.78 is 5.23. The Kier molecular flexibility index (Phi) is 6.26. The third kappa shape index (κ3) is 4.80. The number of tetrazole rings is 1. The Labute approximate surface area is 171 Å². The number of para-hydroxylation sites is 1. The normalized spacial score (nSPS) is 11.1. The molecule has 0 spiro atoms. The summed E-state index contributed by atoms with van der Waals surface area (Å²) in [6.45, 7) is 8.47. The number of hydrogen-bond donors (Lipinski definition) is 1. The molecule has 1 N–H and O–H groups in total. The van der Waals surface area contributed by atoms with Gasteiger partial charge in [-0.15, -0.1) is 10.2 Å². The lowest BCUT2D eigenvalue weighted by Crippen LogP contribution is -2.22. The van der Waals surface area contributed by atoms with E-state index < -0.39 is 0 Å². The monoisotopic (exact) mass is 393 g/mol. The summed E-state index contributed by atoms with van der Waals surface area (Å²) in [4.78, 5) is 14.0. The third-order valence-corrected chi connectivity index (χ3v) is 4.70. The summed E-state index contributed by atoms with van der Waals surface area (Å²) in [5.74, 6) is 1.57. The zero-order valence-corrected chi connectivity index (χ0v) is 17.5. The van der Waals surface area contributed by atoms with E-state index in [1.165, 1.54) is 4.80 Å². The lowest BCUT2D eigenvalue weighted by atomic mass is 9.92. The van der Waals surface area contributed by atoms with E-state index in [4.69, 9.17) is 4.74 Å². The maximum absolute atomic E-state index is 12.7. The Bertz CT molecular complexity index is 968. The van der Waals surface area contributed by atoms with Crippen molar-refractivity contribution in [3.8, 4) is 17.1 Å². The highest BCUT2D eigenvalue weighted by atomic mass is 16.5. The van der Waals surface area contributed by atoms with Crippen LogP contribution in [0.2, 0.25) is 0 Å². The minimum atomic E-state index is -0.186. The van der Waals surface area contributed by atoms with Gasteiger partial charge in [0, 0.05) is 11.3 Å². The van der Waals surface area contributed by atoms with Gasteiger partial charge in [-0.25, -0.2) is 0 Å². The molecule has 0 unspecified atom stereocenters. The molecule has 7 nitrogen and oxygen atoms in total. The van der Waals surface area contributed by atoms with Crippen LogP contribution in [0.1, 0.15) is 50.7 Å². The molecular weight excluding hydrogens is 366 g/mol. The maximum Gasteiger partial charge on any atom is 0.248 e. The second-order valence-electron chi connectivity index (χ2n) is 7.54. The Hall–Kier alpha value is -3.22. The van der Waals surface area contributed by atoms with E-state index in [-0.39, 0.29) is 12.5 Å². The van der Waals surface area contributed by atoms with Gasteiger partial charge in [-0.3, -0.25) is 4.79 Å². The molecule has 0 saturated carbocycles. The molecule has 29 heavy (non-hydrogen) atoms. The Balaban J connectivity index is 1.78. The van der Waals surface area contributed by atoms with Crippen LogP contribution >= 0.6 is 0 Å². The third-order valence-electron chi connectivity index (χ3n) is 4.70. The number of ether oxygens (including phenoxy) is 1. The fourth-order valence-electron chi connectivity index (χ4n) is 3.19. The lowest BCUT2D eigenvalue weighted by molar-refractivity contribution is -0.117. The number of hydrogen-bond acceptors (Lipinski definition) is 5. The fourth-order valence-corrected chi connectivity index (χ4v) is 3.19. The van der Waals surface area contributed by atoms with Gasteiger partial charge in [-0.05, 0) is 40.3 Å². The number of carbonyl (C=O) groups excluding carboxylic acids is 1. The molecule has 7 heteroatoms. The van der Waals surface area contributed by atoms with Crippen LogP contribution in [0, 0.1) is 0 Å². The van der Waals surface area contributed by atoms with E-state index in [2.05, 4.69) is 60.6 Å². The van der Waals surface area contributed by atoms with E-state index in [0.29, 0.717) is 23.4 Å². The van der Waals surface area contributed by atoms with Gasteiger partial charge in [-0.2, -0.15) is 4.80 Å². The molecule has 0 aliphatic heterocycles. The van der Waals surface area contributed by atoms with Gasteiger partial charge in [-0.1, -0.05) is 58.0 Å². The molecule has 0 radical (unpaired) electrons. The lowest BCUT2D eigenvalue weighted by Gasteiger charge is -2.20. The van der Waals surface area contributed by atoms with Gasteiger partial charge in [0.2, 0.25) is 11.7 Å². The second-order valence-corrected chi connectivity index (χ2v) is 7.54. The van der Waals surface area contributed by atoms with Gasteiger partial charge in [0.15, 0.2) is 0 Å². The molecule has 0 saturated heterocycles. The van der Waals surface area contributed by atoms with E-state index in [1.54, 1.807) is 7.11 Å². The summed E-state index contributed by atoms with van der Waals surface area (Å²) in [6.07, 6.45) is 0. The highest BCUT2D eigenvalue weighted by molar-refractivity contribution is 5.92. The first-order valence-electron chi connectivity index (χ1n) is 9.74. The van der Waals surface area contributed by atoms with Crippen molar-refractivity contribution in [2.45, 2.75) is 46.1 Å². The standard InChI is InChI=1S/C22H27N5O2/c1-14(2)18-10-7-11-19(15(3)4)21(18)23-20(28)13-27-25-22(24-26-27)16-8-6-9-17(12-16)29-5/h6-12,14-15H,13H2,1-5H3,(H,23,28). The zero-order valence-electron chi connectivity index (χ0n) is 17.5. The molecule has 0 fully saturated rings. The summed E-state index contributed by atoms with van der Waals surface area (Å²) in [7, 11) is 1.61. The maximum atomic E-state index is 12.7. The van der Waals surface area contributed by atoms with Crippen LogP contribution in [0.5, 0.6) is 5.75 Å². The molecule has 3 aromatic rings. The van der Waals surface area contributed by atoms with Crippen LogP contribution in [0.15, 0.2) is 42.5 Å². The number of benzene rings is 2. The smallest absolute Gasteiger partial charge is 0.248 e. The van der Waals surface area contributed by atoms with Crippen LogP contribution in [0.3, 0.4) is 0 Å². The van der Waals surface area contributed by atoms with Crippen molar-refractivity contribution in [1.82, 2.24) is 20.2 Å². The number of aromatic nitrogens is 4. The largest absolute Gasteiger partial charge is 0.497 e. The first-order valence-corrected chi connectivity index (χ1v) is 9.74. The molecule has 2 aromatic carbocycles. The van der Waals surface area contributed by atoms with E-state index in [1.807, 2.05) is 30.3 Å². The number of nitrogens with zero attached hydrogens (tertiary/aromatic N) is 4. The molecule has 0 atom stereocenters.